The van der Waals surface area contributed by atoms with Crippen LogP contribution in [0.4, 0.5) is 0 Å². The van der Waals surface area contributed by atoms with Gasteiger partial charge in [0.05, 0.1) is 19.3 Å². The van der Waals surface area contributed by atoms with E-state index in [9.17, 15) is 4.79 Å². The highest BCUT2D eigenvalue weighted by Crippen LogP contribution is 2.18. The van der Waals surface area contributed by atoms with E-state index in [1.165, 1.54) is 25.9 Å². The molecule has 0 radical (unpaired) electrons. The van der Waals surface area contributed by atoms with E-state index in [2.05, 4.69) is 9.80 Å². The average Bonchev–Trinajstić information content (AvgIpc) is 3.10. The van der Waals surface area contributed by atoms with E-state index in [4.69, 9.17) is 16.3 Å². The maximum Gasteiger partial charge on any atom is 0.179 e. The molecule has 2 fully saturated rings. The Kier molecular flexibility index (Phi) is 6.06. The van der Waals surface area contributed by atoms with Crippen molar-refractivity contribution in [1.82, 2.24) is 9.80 Å². The number of carbonyl (C=O) groups excluding carboxylic acids is 1. The molecule has 5 heteroatoms. The predicted molar refractivity (Wildman–Crippen MR) is 92.3 cm³/mol. The Labute approximate surface area is 143 Å². The summed E-state index contributed by atoms with van der Waals surface area (Å²) in [6.07, 6.45) is 3.46. The molecule has 1 atom stereocenters. The highest BCUT2D eigenvalue weighted by atomic mass is 35.5. The number of rotatable bonds is 6. The maximum absolute atomic E-state index is 13.0. The van der Waals surface area contributed by atoms with E-state index in [0.717, 1.165) is 31.6 Å². The van der Waals surface area contributed by atoms with Gasteiger partial charge in [-0.15, -0.1) is 0 Å². The zero-order valence-electron chi connectivity index (χ0n) is 13.5. The topological polar surface area (TPSA) is 32.8 Å². The van der Waals surface area contributed by atoms with Gasteiger partial charge in [-0.3, -0.25) is 9.69 Å². The summed E-state index contributed by atoms with van der Waals surface area (Å²) in [7, 11) is 0. The Balaban J connectivity index is 1.69. The quantitative estimate of drug-likeness (QED) is 0.748. The minimum absolute atomic E-state index is 0.0549. The van der Waals surface area contributed by atoms with Gasteiger partial charge in [-0.25, -0.2) is 0 Å². The molecule has 0 spiro atoms. The van der Waals surface area contributed by atoms with Crippen LogP contribution >= 0.6 is 11.6 Å². The van der Waals surface area contributed by atoms with Gasteiger partial charge in [0.25, 0.3) is 0 Å². The zero-order valence-corrected chi connectivity index (χ0v) is 14.3. The van der Waals surface area contributed by atoms with Crippen LogP contribution in [0.1, 0.15) is 29.6 Å². The van der Waals surface area contributed by atoms with Crippen molar-refractivity contribution in [2.75, 3.05) is 45.9 Å². The van der Waals surface area contributed by atoms with Crippen molar-refractivity contribution >= 4 is 17.4 Å². The first-order valence-corrected chi connectivity index (χ1v) is 8.96. The summed E-state index contributed by atoms with van der Waals surface area (Å²) in [5.41, 5.74) is 0.757. The third-order valence-corrected chi connectivity index (χ3v) is 5.09. The number of halogens is 1. The van der Waals surface area contributed by atoms with Crippen molar-refractivity contribution in [2.24, 2.45) is 0 Å². The first-order valence-electron chi connectivity index (χ1n) is 8.58. The van der Waals surface area contributed by atoms with Gasteiger partial charge >= 0.3 is 0 Å². The van der Waals surface area contributed by atoms with Crippen LogP contribution in [-0.4, -0.2) is 67.6 Å². The molecule has 2 heterocycles. The Morgan fingerprint density at radius 3 is 2.39 bits per heavy atom. The molecule has 0 aromatic heterocycles. The van der Waals surface area contributed by atoms with Gasteiger partial charge in [0.2, 0.25) is 0 Å². The fourth-order valence-electron chi connectivity index (χ4n) is 3.49. The normalized spacial score (nSPS) is 21.4. The van der Waals surface area contributed by atoms with Crippen molar-refractivity contribution in [3.05, 3.63) is 34.9 Å². The lowest BCUT2D eigenvalue weighted by atomic mass is 9.99. The van der Waals surface area contributed by atoms with Crippen molar-refractivity contribution in [3.63, 3.8) is 0 Å². The summed E-state index contributed by atoms with van der Waals surface area (Å²) in [4.78, 5) is 17.8. The number of hydrogen-bond acceptors (Lipinski definition) is 4. The highest BCUT2D eigenvalue weighted by Gasteiger charge is 2.29. The minimum Gasteiger partial charge on any atom is -0.379 e. The van der Waals surface area contributed by atoms with Crippen LogP contribution in [0.2, 0.25) is 5.02 Å². The standard InChI is InChI=1S/C18H25ClN2O2/c19-16-5-3-15(4-6-16)18(22)17(21-11-13-23-14-12-21)7-10-20-8-1-2-9-20/h3-6,17H,1-2,7-14H2. The molecule has 0 aliphatic carbocycles. The van der Waals surface area contributed by atoms with Crippen molar-refractivity contribution in [1.29, 1.82) is 0 Å². The molecule has 23 heavy (non-hydrogen) atoms. The molecule has 0 N–H and O–H groups in total. The number of Topliss-reactive ketones (excluding diaryl/α,β-unsaturated/α-hetero) is 1. The van der Waals surface area contributed by atoms with Crippen LogP contribution in [0, 0.1) is 0 Å². The second-order valence-electron chi connectivity index (χ2n) is 6.37. The van der Waals surface area contributed by atoms with E-state index < -0.39 is 0 Å². The van der Waals surface area contributed by atoms with Gasteiger partial charge < -0.3 is 9.64 Å². The molecule has 1 aromatic carbocycles. The second-order valence-corrected chi connectivity index (χ2v) is 6.81. The molecule has 126 valence electrons. The average molecular weight is 337 g/mol. The van der Waals surface area contributed by atoms with E-state index in [1.54, 1.807) is 12.1 Å². The summed E-state index contributed by atoms with van der Waals surface area (Å²) in [6.45, 7) is 6.45. The molecular weight excluding hydrogens is 312 g/mol. The lowest BCUT2D eigenvalue weighted by molar-refractivity contribution is 0.0147. The molecule has 0 saturated carbocycles. The monoisotopic (exact) mass is 336 g/mol. The zero-order chi connectivity index (χ0) is 16.1. The fourth-order valence-corrected chi connectivity index (χ4v) is 3.61. The van der Waals surface area contributed by atoms with E-state index in [-0.39, 0.29) is 11.8 Å². The summed E-state index contributed by atoms with van der Waals surface area (Å²) < 4.78 is 5.45. The van der Waals surface area contributed by atoms with Gasteiger partial charge in [-0.2, -0.15) is 0 Å². The van der Waals surface area contributed by atoms with Gasteiger partial charge in [0.1, 0.15) is 0 Å². The Morgan fingerprint density at radius 2 is 1.74 bits per heavy atom. The SMILES string of the molecule is O=C(c1ccc(Cl)cc1)C(CCN1CCCC1)N1CCOCC1. The number of benzene rings is 1. The van der Waals surface area contributed by atoms with Gasteiger partial charge in [0.15, 0.2) is 5.78 Å². The molecule has 2 saturated heterocycles. The largest absolute Gasteiger partial charge is 0.379 e. The van der Waals surface area contributed by atoms with Crippen LogP contribution in [0.25, 0.3) is 0 Å². The molecule has 2 aliphatic rings. The number of ketones is 1. The van der Waals surface area contributed by atoms with E-state index in [1.807, 2.05) is 12.1 Å². The number of carbonyl (C=O) groups is 1. The molecular formula is C18H25ClN2O2. The number of hydrogen-bond donors (Lipinski definition) is 0. The van der Waals surface area contributed by atoms with Crippen LogP contribution in [0.3, 0.4) is 0 Å². The van der Waals surface area contributed by atoms with Gasteiger partial charge in [-0.1, -0.05) is 11.6 Å². The van der Waals surface area contributed by atoms with Gasteiger partial charge in [-0.05, 0) is 56.6 Å². The number of morpholine rings is 1. The van der Waals surface area contributed by atoms with E-state index >= 15 is 0 Å². The van der Waals surface area contributed by atoms with Crippen LogP contribution in [0.5, 0.6) is 0 Å². The Hall–Kier alpha value is -0.940. The molecule has 2 aliphatic heterocycles. The first kappa shape index (κ1) is 16.9. The third kappa shape index (κ3) is 4.54. The smallest absolute Gasteiger partial charge is 0.179 e. The fraction of sp³-hybridized carbons (Fsp3) is 0.611. The molecule has 1 unspecified atom stereocenters. The Morgan fingerprint density at radius 1 is 1.09 bits per heavy atom. The summed E-state index contributed by atoms with van der Waals surface area (Å²) in [5, 5.41) is 0.668. The number of likely N-dealkylation sites (tertiary alicyclic amines) is 1. The summed E-state index contributed by atoms with van der Waals surface area (Å²) in [6, 6.07) is 7.22. The molecule has 0 bridgehead atoms. The number of ether oxygens (including phenoxy) is 1. The van der Waals surface area contributed by atoms with Gasteiger partial charge in [0, 0.05) is 30.2 Å². The molecule has 4 nitrogen and oxygen atoms in total. The van der Waals surface area contributed by atoms with Crippen LogP contribution in [0.15, 0.2) is 24.3 Å². The van der Waals surface area contributed by atoms with Crippen LogP contribution < -0.4 is 0 Å². The van der Waals surface area contributed by atoms with Crippen molar-refractivity contribution in [3.8, 4) is 0 Å². The van der Waals surface area contributed by atoms with Crippen molar-refractivity contribution < 1.29 is 9.53 Å². The summed E-state index contributed by atoms with van der Waals surface area (Å²) >= 11 is 5.95. The number of nitrogens with zero attached hydrogens (tertiary/aromatic N) is 2. The maximum atomic E-state index is 13.0. The first-order chi connectivity index (χ1) is 11.2. The Bertz CT molecular complexity index is 508. The predicted octanol–water partition coefficient (Wildman–Crippen LogP) is 2.71. The summed E-state index contributed by atoms with van der Waals surface area (Å²) in [5.74, 6) is 0.211. The minimum atomic E-state index is -0.0549. The highest BCUT2D eigenvalue weighted by molar-refractivity contribution is 6.30. The molecule has 3 rings (SSSR count). The third-order valence-electron chi connectivity index (χ3n) is 4.84. The molecule has 0 amide bonds. The second kappa shape index (κ2) is 8.25. The molecule has 1 aromatic rings. The lowest BCUT2D eigenvalue weighted by Gasteiger charge is -2.34. The van der Waals surface area contributed by atoms with E-state index in [0.29, 0.717) is 18.2 Å². The lowest BCUT2D eigenvalue weighted by Crippen LogP contribution is -2.48. The van der Waals surface area contributed by atoms with Crippen molar-refractivity contribution in [2.45, 2.75) is 25.3 Å². The van der Waals surface area contributed by atoms with Crippen LogP contribution in [-0.2, 0) is 4.74 Å².